The number of carboxylic acid groups (broad SMARTS) is 1. The number of carbonyl (C=O) groups is 2. The van der Waals surface area contributed by atoms with Gasteiger partial charge in [0.05, 0.1) is 6.42 Å². The third-order valence-corrected chi connectivity index (χ3v) is 2.47. The van der Waals surface area contributed by atoms with Crippen molar-refractivity contribution in [2.24, 2.45) is 0 Å². The van der Waals surface area contributed by atoms with Gasteiger partial charge in [-0.1, -0.05) is 24.8 Å². The number of amides is 1. The van der Waals surface area contributed by atoms with Crippen molar-refractivity contribution in [2.75, 3.05) is 6.61 Å². The molecular formula is C14H16FNO4. The average Bonchev–Trinajstić information content (AvgIpc) is 2.38. The molecule has 1 aromatic rings. The van der Waals surface area contributed by atoms with Crippen LogP contribution in [0, 0.1) is 5.82 Å². The van der Waals surface area contributed by atoms with Crippen molar-refractivity contribution in [3.05, 3.63) is 48.3 Å². The molecule has 20 heavy (non-hydrogen) atoms. The number of alkyl carbamates (subject to hydrolysis) is 1. The van der Waals surface area contributed by atoms with Crippen molar-refractivity contribution < 1.29 is 23.8 Å². The van der Waals surface area contributed by atoms with Crippen LogP contribution in [0.1, 0.15) is 12.0 Å². The molecule has 108 valence electrons. The van der Waals surface area contributed by atoms with Crippen molar-refractivity contribution in [3.63, 3.8) is 0 Å². The molecular weight excluding hydrogens is 265 g/mol. The molecule has 6 heteroatoms. The lowest BCUT2D eigenvalue weighted by atomic mass is 10.0. The molecule has 0 aliphatic carbocycles. The van der Waals surface area contributed by atoms with Gasteiger partial charge in [-0.3, -0.25) is 4.79 Å². The maximum Gasteiger partial charge on any atom is 0.407 e. The molecule has 0 heterocycles. The lowest BCUT2D eigenvalue weighted by Gasteiger charge is -2.16. The number of hydrogen-bond acceptors (Lipinski definition) is 3. The fourth-order valence-corrected chi connectivity index (χ4v) is 1.63. The molecule has 0 bridgehead atoms. The summed E-state index contributed by atoms with van der Waals surface area (Å²) in [4.78, 5) is 22.2. The van der Waals surface area contributed by atoms with Gasteiger partial charge in [-0.05, 0) is 24.1 Å². The molecule has 0 aliphatic rings. The summed E-state index contributed by atoms with van der Waals surface area (Å²) in [5.41, 5.74) is 0.724. The molecule has 2 N–H and O–H groups in total. The summed E-state index contributed by atoms with van der Waals surface area (Å²) >= 11 is 0. The van der Waals surface area contributed by atoms with Crippen LogP contribution in [0.5, 0.6) is 0 Å². The van der Waals surface area contributed by atoms with E-state index in [0.29, 0.717) is 0 Å². The number of halogens is 1. The highest BCUT2D eigenvalue weighted by Crippen LogP contribution is 2.08. The average molecular weight is 281 g/mol. The van der Waals surface area contributed by atoms with Gasteiger partial charge in [-0.15, -0.1) is 0 Å². The largest absolute Gasteiger partial charge is 0.481 e. The van der Waals surface area contributed by atoms with E-state index in [1.165, 1.54) is 18.2 Å². The van der Waals surface area contributed by atoms with Gasteiger partial charge in [-0.25, -0.2) is 9.18 Å². The van der Waals surface area contributed by atoms with E-state index in [1.54, 1.807) is 12.1 Å². The first-order valence-electron chi connectivity index (χ1n) is 6.01. The summed E-state index contributed by atoms with van der Waals surface area (Å²) in [5.74, 6) is -1.41. The van der Waals surface area contributed by atoms with Gasteiger partial charge in [-0.2, -0.15) is 0 Å². The Hall–Kier alpha value is -2.37. The van der Waals surface area contributed by atoms with E-state index in [2.05, 4.69) is 11.9 Å². The molecule has 5 nitrogen and oxygen atoms in total. The SMILES string of the molecule is C=CCOC(=O)N[C@@H](CC(=O)O)Cc1ccc(F)cc1. The summed E-state index contributed by atoms with van der Waals surface area (Å²) < 4.78 is 17.5. The van der Waals surface area contributed by atoms with Gasteiger partial charge in [0, 0.05) is 6.04 Å². The van der Waals surface area contributed by atoms with E-state index in [-0.39, 0.29) is 25.3 Å². The van der Waals surface area contributed by atoms with E-state index in [0.717, 1.165) is 5.56 Å². The van der Waals surface area contributed by atoms with Crippen LogP contribution in [0.15, 0.2) is 36.9 Å². The molecule has 0 fully saturated rings. The maximum atomic E-state index is 12.8. The number of nitrogens with one attached hydrogen (secondary N) is 1. The van der Waals surface area contributed by atoms with Crippen LogP contribution in [0.25, 0.3) is 0 Å². The van der Waals surface area contributed by atoms with E-state index in [1.807, 2.05) is 0 Å². The molecule has 0 saturated heterocycles. The van der Waals surface area contributed by atoms with E-state index < -0.39 is 18.1 Å². The standard InChI is InChI=1S/C14H16FNO4/c1-2-7-20-14(19)16-12(9-13(17)18)8-10-3-5-11(15)6-4-10/h2-6,12H,1,7-9H2,(H,16,19)(H,17,18)/t12-/m1/s1. The topological polar surface area (TPSA) is 75.6 Å². The van der Waals surface area contributed by atoms with Crippen molar-refractivity contribution in [3.8, 4) is 0 Å². The molecule has 1 aromatic carbocycles. The Morgan fingerprint density at radius 2 is 2.05 bits per heavy atom. The number of hydrogen-bond donors (Lipinski definition) is 2. The molecule has 0 aromatic heterocycles. The first-order valence-corrected chi connectivity index (χ1v) is 6.01. The second-order valence-electron chi connectivity index (χ2n) is 4.16. The highest BCUT2D eigenvalue weighted by atomic mass is 19.1. The Kier molecular flexibility index (Phi) is 6.22. The molecule has 0 spiro atoms. The van der Waals surface area contributed by atoms with Crippen molar-refractivity contribution in [2.45, 2.75) is 18.9 Å². The Labute approximate surface area is 116 Å². The van der Waals surface area contributed by atoms with E-state index in [4.69, 9.17) is 9.84 Å². The van der Waals surface area contributed by atoms with E-state index in [9.17, 15) is 14.0 Å². The number of benzene rings is 1. The van der Waals surface area contributed by atoms with Gasteiger partial charge in [0.15, 0.2) is 0 Å². The highest BCUT2D eigenvalue weighted by molar-refractivity contribution is 5.71. The molecule has 0 aliphatic heterocycles. The third kappa shape index (κ3) is 5.99. The number of ether oxygens (including phenoxy) is 1. The second kappa shape index (κ2) is 7.93. The van der Waals surface area contributed by atoms with Gasteiger partial charge < -0.3 is 15.2 Å². The first kappa shape index (κ1) is 15.7. The van der Waals surface area contributed by atoms with Crippen molar-refractivity contribution in [1.29, 1.82) is 0 Å². The minimum Gasteiger partial charge on any atom is -0.481 e. The Morgan fingerprint density at radius 3 is 2.60 bits per heavy atom. The van der Waals surface area contributed by atoms with Gasteiger partial charge in [0.2, 0.25) is 0 Å². The van der Waals surface area contributed by atoms with Crippen LogP contribution < -0.4 is 5.32 Å². The highest BCUT2D eigenvalue weighted by Gasteiger charge is 2.17. The van der Waals surface area contributed by atoms with Gasteiger partial charge in [0.25, 0.3) is 0 Å². The summed E-state index contributed by atoms with van der Waals surface area (Å²) in [6.07, 6.45) is 0.723. The van der Waals surface area contributed by atoms with Crippen LogP contribution in [0.4, 0.5) is 9.18 Å². The predicted octanol–water partition coefficient (Wildman–Crippen LogP) is 2.12. The lowest BCUT2D eigenvalue weighted by molar-refractivity contribution is -0.137. The lowest BCUT2D eigenvalue weighted by Crippen LogP contribution is -2.38. The van der Waals surface area contributed by atoms with E-state index >= 15 is 0 Å². The Balaban J connectivity index is 2.63. The zero-order chi connectivity index (χ0) is 15.0. The number of rotatable bonds is 7. The van der Waals surface area contributed by atoms with Gasteiger partial charge >= 0.3 is 12.1 Å². The quantitative estimate of drug-likeness (QED) is 0.751. The smallest absolute Gasteiger partial charge is 0.407 e. The fraction of sp³-hybridized carbons (Fsp3) is 0.286. The second-order valence-corrected chi connectivity index (χ2v) is 4.16. The summed E-state index contributed by atoms with van der Waals surface area (Å²) in [6, 6.07) is 5.02. The van der Waals surface area contributed by atoms with Crippen LogP contribution in [0.3, 0.4) is 0 Å². The van der Waals surface area contributed by atoms with Crippen molar-refractivity contribution >= 4 is 12.1 Å². The Morgan fingerprint density at radius 1 is 1.40 bits per heavy atom. The van der Waals surface area contributed by atoms with Gasteiger partial charge in [0.1, 0.15) is 12.4 Å². The molecule has 0 unspecified atom stereocenters. The van der Waals surface area contributed by atoms with Crippen LogP contribution >= 0.6 is 0 Å². The molecule has 0 radical (unpaired) electrons. The summed E-state index contributed by atoms with van der Waals surface area (Å²) in [5, 5.41) is 11.3. The van der Waals surface area contributed by atoms with Crippen LogP contribution in [-0.4, -0.2) is 29.8 Å². The Bertz CT molecular complexity index is 473. The minimum absolute atomic E-state index is 0.0438. The minimum atomic E-state index is -1.04. The summed E-state index contributed by atoms with van der Waals surface area (Å²) in [7, 11) is 0. The molecule has 1 atom stereocenters. The zero-order valence-corrected chi connectivity index (χ0v) is 10.8. The maximum absolute atomic E-state index is 12.8. The van der Waals surface area contributed by atoms with Crippen LogP contribution in [0.2, 0.25) is 0 Å². The number of carbonyl (C=O) groups excluding carboxylic acids is 1. The normalized spacial score (nSPS) is 11.4. The molecule has 1 amide bonds. The van der Waals surface area contributed by atoms with Crippen molar-refractivity contribution in [1.82, 2.24) is 5.32 Å². The zero-order valence-electron chi connectivity index (χ0n) is 10.8. The summed E-state index contributed by atoms with van der Waals surface area (Å²) in [6.45, 7) is 3.45. The molecule has 1 rings (SSSR count). The third-order valence-electron chi connectivity index (χ3n) is 2.47. The monoisotopic (exact) mass is 281 g/mol. The number of aliphatic carboxylic acids is 1. The molecule has 0 saturated carbocycles. The first-order chi connectivity index (χ1) is 9.51. The predicted molar refractivity (Wildman–Crippen MR) is 70.8 cm³/mol. The fourth-order valence-electron chi connectivity index (χ4n) is 1.63. The number of carboxylic acids is 1. The van der Waals surface area contributed by atoms with Crippen LogP contribution in [-0.2, 0) is 16.0 Å².